The molecule has 1 aromatic rings. The monoisotopic (exact) mass is 408 g/mol. The predicted molar refractivity (Wildman–Crippen MR) is 107 cm³/mol. The molecule has 0 spiro atoms. The second-order valence-electron chi connectivity index (χ2n) is 7.29. The van der Waals surface area contributed by atoms with E-state index in [9.17, 15) is 18.3 Å². The van der Waals surface area contributed by atoms with E-state index in [1.807, 2.05) is 0 Å². The fraction of sp³-hybridized carbons (Fsp3) is 0.550. The van der Waals surface area contributed by atoms with Crippen LogP contribution in [0.15, 0.2) is 34.7 Å². The van der Waals surface area contributed by atoms with Crippen molar-refractivity contribution in [2.45, 2.75) is 55.9 Å². The summed E-state index contributed by atoms with van der Waals surface area (Å²) in [6, 6.07) is 4.13. The third-order valence-corrected chi connectivity index (χ3v) is 6.69. The summed E-state index contributed by atoms with van der Waals surface area (Å²) in [7, 11) is -3.84. The van der Waals surface area contributed by atoms with E-state index >= 15 is 0 Å². The van der Waals surface area contributed by atoms with Gasteiger partial charge in [-0.3, -0.25) is 0 Å². The van der Waals surface area contributed by atoms with Crippen LogP contribution in [0.5, 0.6) is 0 Å². The van der Waals surface area contributed by atoms with Crippen molar-refractivity contribution in [1.82, 2.24) is 4.72 Å². The molecule has 1 aliphatic heterocycles. The lowest BCUT2D eigenvalue weighted by molar-refractivity contribution is 0.0696. The Morgan fingerprint density at radius 2 is 2.11 bits per heavy atom. The minimum atomic E-state index is -3.84. The van der Waals surface area contributed by atoms with Crippen molar-refractivity contribution < 1.29 is 23.1 Å². The number of hydrogen-bond acceptors (Lipinski definition) is 5. The van der Waals surface area contributed by atoms with E-state index in [4.69, 9.17) is 4.74 Å². The molecule has 7 nitrogen and oxygen atoms in total. The zero-order valence-corrected chi connectivity index (χ0v) is 16.8. The Bertz CT molecular complexity index is 829. The number of allylic oxidation sites excluding steroid dienone is 1. The average Bonchev–Trinajstić information content (AvgIpc) is 3.20. The van der Waals surface area contributed by atoms with Crippen LogP contribution in [0.3, 0.4) is 0 Å². The van der Waals surface area contributed by atoms with E-state index < -0.39 is 16.0 Å². The summed E-state index contributed by atoms with van der Waals surface area (Å²) in [5.74, 6) is -1.16. The number of carbonyl (C=O) groups is 1. The van der Waals surface area contributed by atoms with Crippen molar-refractivity contribution in [2.75, 3.05) is 25.0 Å². The van der Waals surface area contributed by atoms with Crippen molar-refractivity contribution in [2.24, 2.45) is 0 Å². The molecule has 0 bridgehead atoms. The molecule has 0 unspecified atom stereocenters. The molecule has 0 saturated carbocycles. The van der Waals surface area contributed by atoms with Crippen LogP contribution in [0.25, 0.3) is 0 Å². The summed E-state index contributed by atoms with van der Waals surface area (Å²) in [5, 5.41) is 12.4. The van der Waals surface area contributed by atoms with Crippen LogP contribution in [0, 0.1) is 0 Å². The van der Waals surface area contributed by atoms with Gasteiger partial charge in [0, 0.05) is 19.7 Å². The van der Waals surface area contributed by atoms with Crippen molar-refractivity contribution in [3.05, 3.63) is 35.4 Å². The number of benzene rings is 1. The molecule has 0 aromatic heterocycles. The SMILES string of the molecule is O=C(O)c1ccc(NC[C@@H]2CCCO2)c(S(=O)(=O)NCCC2=CCCCC2)c1. The molecular weight excluding hydrogens is 380 g/mol. The number of anilines is 1. The zero-order valence-electron chi connectivity index (χ0n) is 15.9. The van der Waals surface area contributed by atoms with Crippen molar-refractivity contribution in [1.29, 1.82) is 0 Å². The molecule has 1 atom stereocenters. The van der Waals surface area contributed by atoms with Gasteiger partial charge in [-0.2, -0.15) is 0 Å². The van der Waals surface area contributed by atoms with Gasteiger partial charge in [0.2, 0.25) is 10.0 Å². The number of carboxylic acids is 1. The van der Waals surface area contributed by atoms with Gasteiger partial charge in [-0.15, -0.1) is 0 Å². The molecule has 1 heterocycles. The highest BCUT2D eigenvalue weighted by Gasteiger charge is 2.22. The van der Waals surface area contributed by atoms with Crippen molar-refractivity contribution in [3.63, 3.8) is 0 Å². The molecule has 3 rings (SSSR count). The van der Waals surface area contributed by atoms with E-state index in [1.54, 1.807) is 0 Å². The van der Waals surface area contributed by atoms with Gasteiger partial charge < -0.3 is 15.2 Å². The Kier molecular flexibility index (Phi) is 7.09. The third-order valence-electron chi connectivity index (χ3n) is 5.19. The minimum absolute atomic E-state index is 0.0389. The van der Waals surface area contributed by atoms with Crippen LogP contribution >= 0.6 is 0 Å². The quantitative estimate of drug-likeness (QED) is 0.542. The van der Waals surface area contributed by atoms with Crippen LogP contribution in [-0.4, -0.2) is 45.3 Å². The Hall–Kier alpha value is -1.90. The Labute approximate surface area is 166 Å². The lowest BCUT2D eigenvalue weighted by atomic mass is 9.97. The van der Waals surface area contributed by atoms with Gasteiger partial charge in [0.05, 0.1) is 17.4 Å². The van der Waals surface area contributed by atoms with E-state index in [0.29, 0.717) is 31.8 Å². The minimum Gasteiger partial charge on any atom is -0.478 e. The third kappa shape index (κ3) is 5.56. The van der Waals surface area contributed by atoms with Gasteiger partial charge in [0.15, 0.2) is 0 Å². The first-order valence-corrected chi connectivity index (χ1v) is 11.3. The summed E-state index contributed by atoms with van der Waals surface area (Å²) in [6.07, 6.45) is 9.25. The molecule has 8 heteroatoms. The summed E-state index contributed by atoms with van der Waals surface area (Å²) < 4.78 is 33.9. The molecule has 3 N–H and O–H groups in total. The van der Waals surface area contributed by atoms with Crippen LogP contribution in [-0.2, 0) is 14.8 Å². The summed E-state index contributed by atoms with van der Waals surface area (Å²) >= 11 is 0. The standard InChI is InChI=1S/C20H28N2O5S/c23-20(24)16-8-9-18(21-14-17-7-4-12-27-17)19(13-16)28(25,26)22-11-10-15-5-2-1-3-6-15/h5,8-9,13,17,21-22H,1-4,6-7,10-12,14H2,(H,23,24)/t17-/m0/s1. The molecule has 1 aliphatic carbocycles. The number of carboxylic acid groups (broad SMARTS) is 1. The zero-order chi connectivity index (χ0) is 20.0. The van der Waals surface area contributed by atoms with E-state index in [0.717, 1.165) is 32.1 Å². The first kappa shape index (κ1) is 20.8. The lowest BCUT2D eigenvalue weighted by Gasteiger charge is -2.17. The molecule has 2 aliphatic rings. The smallest absolute Gasteiger partial charge is 0.335 e. The summed E-state index contributed by atoms with van der Waals surface area (Å²) in [4.78, 5) is 11.3. The highest BCUT2D eigenvalue weighted by atomic mass is 32.2. The second-order valence-corrected chi connectivity index (χ2v) is 9.02. The van der Waals surface area contributed by atoms with E-state index in [1.165, 1.54) is 30.2 Å². The average molecular weight is 409 g/mol. The molecule has 154 valence electrons. The van der Waals surface area contributed by atoms with Gasteiger partial charge in [-0.25, -0.2) is 17.9 Å². The summed E-state index contributed by atoms with van der Waals surface area (Å²) in [6.45, 7) is 1.51. The highest BCUT2D eigenvalue weighted by molar-refractivity contribution is 7.89. The van der Waals surface area contributed by atoms with Gasteiger partial charge in [-0.05, 0) is 63.1 Å². The van der Waals surface area contributed by atoms with Crippen LogP contribution in [0.4, 0.5) is 5.69 Å². The molecule has 28 heavy (non-hydrogen) atoms. The molecule has 1 aromatic carbocycles. The fourth-order valence-corrected chi connectivity index (χ4v) is 4.85. The van der Waals surface area contributed by atoms with Crippen LogP contribution in [0.2, 0.25) is 0 Å². The fourth-order valence-electron chi connectivity index (χ4n) is 3.61. The molecule has 1 fully saturated rings. The normalized spacial score (nSPS) is 20.0. The maximum absolute atomic E-state index is 12.9. The number of hydrogen-bond donors (Lipinski definition) is 3. The predicted octanol–water partition coefficient (Wildman–Crippen LogP) is 3.14. The van der Waals surface area contributed by atoms with E-state index in [-0.39, 0.29) is 16.6 Å². The lowest BCUT2D eigenvalue weighted by Crippen LogP contribution is -2.27. The molecule has 1 saturated heterocycles. The Balaban J connectivity index is 1.72. The topological polar surface area (TPSA) is 105 Å². The van der Waals surface area contributed by atoms with Crippen molar-refractivity contribution in [3.8, 4) is 0 Å². The number of ether oxygens (including phenoxy) is 1. The number of sulfonamides is 1. The maximum Gasteiger partial charge on any atom is 0.335 e. The number of nitrogens with one attached hydrogen (secondary N) is 2. The van der Waals surface area contributed by atoms with Gasteiger partial charge >= 0.3 is 5.97 Å². The van der Waals surface area contributed by atoms with Gasteiger partial charge in [-0.1, -0.05) is 11.6 Å². The van der Waals surface area contributed by atoms with Crippen molar-refractivity contribution >= 4 is 21.7 Å². The van der Waals surface area contributed by atoms with Crippen LogP contribution in [0.1, 0.15) is 55.3 Å². The molecule has 0 radical (unpaired) electrons. The van der Waals surface area contributed by atoms with Crippen LogP contribution < -0.4 is 10.0 Å². The van der Waals surface area contributed by atoms with E-state index in [2.05, 4.69) is 16.1 Å². The highest BCUT2D eigenvalue weighted by Crippen LogP contribution is 2.25. The molecule has 0 amide bonds. The second kappa shape index (κ2) is 9.54. The Morgan fingerprint density at radius 1 is 1.25 bits per heavy atom. The first-order chi connectivity index (χ1) is 13.5. The summed E-state index contributed by atoms with van der Waals surface area (Å²) in [5.41, 5.74) is 1.62. The first-order valence-electron chi connectivity index (χ1n) is 9.86. The van der Waals surface area contributed by atoms with Gasteiger partial charge in [0.1, 0.15) is 4.90 Å². The number of aromatic carboxylic acids is 1. The largest absolute Gasteiger partial charge is 0.478 e. The maximum atomic E-state index is 12.9. The Morgan fingerprint density at radius 3 is 2.79 bits per heavy atom. The van der Waals surface area contributed by atoms with Gasteiger partial charge in [0.25, 0.3) is 0 Å². The molecular formula is C20H28N2O5S. The number of rotatable bonds is 9.